The lowest BCUT2D eigenvalue weighted by Crippen LogP contribution is -2.07. The normalized spacial score (nSPS) is 13.3. The van der Waals surface area contributed by atoms with Gasteiger partial charge in [0.1, 0.15) is 11.6 Å². The van der Waals surface area contributed by atoms with Crippen molar-refractivity contribution in [3.63, 3.8) is 0 Å². The Labute approximate surface area is 200 Å². The quantitative estimate of drug-likeness (QED) is 0.355. The second-order valence-corrected chi connectivity index (χ2v) is 9.06. The molecule has 0 atom stereocenters. The van der Waals surface area contributed by atoms with Crippen molar-refractivity contribution in [3.05, 3.63) is 94.3 Å². The van der Waals surface area contributed by atoms with Gasteiger partial charge in [-0.05, 0) is 68.7 Å². The number of anilines is 2. The lowest BCUT2D eigenvalue weighted by molar-refractivity contribution is 0.633. The predicted molar refractivity (Wildman–Crippen MR) is 134 cm³/mol. The Morgan fingerprint density at radius 2 is 1.91 bits per heavy atom. The van der Waals surface area contributed by atoms with Crippen LogP contribution in [0, 0.1) is 19.7 Å². The number of aryl methyl sites for hydroxylation is 2. The third-order valence-electron chi connectivity index (χ3n) is 6.42. The Hall–Kier alpha value is -4.33. The number of nitrogens with one attached hydrogen (secondary N) is 2. The van der Waals surface area contributed by atoms with Crippen molar-refractivity contribution in [2.45, 2.75) is 32.6 Å². The zero-order chi connectivity index (χ0) is 24.1. The minimum Gasteiger partial charge on any atom is -0.340 e. The van der Waals surface area contributed by atoms with E-state index in [1.54, 1.807) is 24.4 Å². The molecule has 7 nitrogen and oxygen atoms in total. The fourth-order valence-electron chi connectivity index (χ4n) is 4.29. The van der Waals surface area contributed by atoms with Crippen LogP contribution in [0.2, 0.25) is 0 Å². The van der Waals surface area contributed by atoms with E-state index in [4.69, 9.17) is 4.98 Å². The van der Waals surface area contributed by atoms with Crippen LogP contribution in [0.5, 0.6) is 0 Å². The molecule has 0 spiro atoms. The van der Waals surface area contributed by atoms with Gasteiger partial charge in [0.05, 0.1) is 17.4 Å². The number of H-pyrrole nitrogens is 1. The molecule has 0 amide bonds. The van der Waals surface area contributed by atoms with Crippen LogP contribution in [0.25, 0.3) is 27.8 Å². The van der Waals surface area contributed by atoms with Crippen LogP contribution in [0.4, 0.5) is 15.9 Å². The molecule has 35 heavy (non-hydrogen) atoms. The van der Waals surface area contributed by atoms with E-state index in [9.17, 15) is 9.18 Å². The van der Waals surface area contributed by atoms with Gasteiger partial charge in [-0.3, -0.25) is 4.79 Å². The molecule has 5 aromatic rings. The van der Waals surface area contributed by atoms with Crippen LogP contribution in [-0.4, -0.2) is 24.5 Å². The standard InChI is InChI=1S/C27H23FN6O/c1-15-9-18(5-8-24(15)34-13-23(31-14-34)17-3-4-17)26-29-11-16(2)25(33-26)32-19-6-7-20-21(10-19)22(28)12-30-27(20)35/h5-14,17H,3-4H2,1-2H3,(H,30,35)(H,29,32,33). The number of halogens is 1. The smallest absolute Gasteiger partial charge is 0.256 e. The van der Waals surface area contributed by atoms with Crippen LogP contribution in [0.3, 0.4) is 0 Å². The minimum atomic E-state index is -0.485. The summed E-state index contributed by atoms with van der Waals surface area (Å²) in [7, 11) is 0. The Kier molecular flexibility index (Phi) is 4.95. The molecule has 3 aromatic heterocycles. The third-order valence-corrected chi connectivity index (χ3v) is 6.42. The molecule has 2 aromatic carbocycles. The van der Waals surface area contributed by atoms with Gasteiger partial charge in [-0.2, -0.15) is 0 Å². The maximum Gasteiger partial charge on any atom is 0.256 e. The maximum absolute atomic E-state index is 14.3. The van der Waals surface area contributed by atoms with E-state index in [2.05, 4.69) is 50.1 Å². The molecule has 3 heterocycles. The highest BCUT2D eigenvalue weighted by molar-refractivity contribution is 5.86. The monoisotopic (exact) mass is 466 g/mol. The van der Waals surface area contributed by atoms with Crippen LogP contribution >= 0.6 is 0 Å². The Morgan fingerprint density at radius 1 is 1.06 bits per heavy atom. The molecular formula is C27H23FN6O. The Bertz CT molecular complexity index is 1650. The number of hydrogen-bond acceptors (Lipinski definition) is 5. The van der Waals surface area contributed by atoms with Crippen molar-refractivity contribution in [1.82, 2.24) is 24.5 Å². The highest BCUT2D eigenvalue weighted by atomic mass is 19.1. The summed E-state index contributed by atoms with van der Waals surface area (Å²) < 4.78 is 16.3. The number of pyridine rings is 1. The fourth-order valence-corrected chi connectivity index (χ4v) is 4.29. The van der Waals surface area contributed by atoms with E-state index in [1.807, 2.05) is 19.3 Å². The van der Waals surface area contributed by atoms with E-state index in [-0.39, 0.29) is 10.9 Å². The molecule has 1 aliphatic rings. The third kappa shape index (κ3) is 3.97. The number of hydrogen-bond donors (Lipinski definition) is 2. The summed E-state index contributed by atoms with van der Waals surface area (Å²) >= 11 is 0. The van der Waals surface area contributed by atoms with Crippen LogP contribution in [0.15, 0.2) is 66.1 Å². The number of imidazole rings is 1. The molecule has 0 radical (unpaired) electrons. The lowest BCUT2D eigenvalue weighted by atomic mass is 10.1. The van der Waals surface area contributed by atoms with Crippen molar-refractivity contribution < 1.29 is 4.39 Å². The molecule has 1 saturated carbocycles. The molecule has 174 valence electrons. The fraction of sp³-hybridized carbons (Fsp3) is 0.185. The summed E-state index contributed by atoms with van der Waals surface area (Å²) in [5.41, 5.74) is 5.37. The van der Waals surface area contributed by atoms with Gasteiger partial charge in [-0.25, -0.2) is 19.3 Å². The number of aromatic amines is 1. The number of benzene rings is 2. The van der Waals surface area contributed by atoms with Crippen LogP contribution < -0.4 is 10.9 Å². The number of rotatable bonds is 5. The molecule has 1 fully saturated rings. The maximum atomic E-state index is 14.3. The summed E-state index contributed by atoms with van der Waals surface area (Å²) in [6.07, 6.45) is 9.28. The average molecular weight is 467 g/mol. The van der Waals surface area contributed by atoms with Crippen LogP contribution in [0.1, 0.15) is 35.6 Å². The highest BCUT2D eigenvalue weighted by Crippen LogP contribution is 2.39. The van der Waals surface area contributed by atoms with Crippen molar-refractivity contribution in [3.8, 4) is 17.1 Å². The summed E-state index contributed by atoms with van der Waals surface area (Å²) in [4.78, 5) is 28.2. The lowest BCUT2D eigenvalue weighted by Gasteiger charge is -2.12. The molecule has 0 aliphatic heterocycles. The molecular weight excluding hydrogens is 443 g/mol. The van der Waals surface area contributed by atoms with E-state index < -0.39 is 5.82 Å². The summed E-state index contributed by atoms with van der Waals surface area (Å²) in [6.45, 7) is 3.97. The molecule has 1 aliphatic carbocycles. The zero-order valence-corrected chi connectivity index (χ0v) is 19.3. The second kappa shape index (κ2) is 8.16. The molecule has 6 rings (SSSR count). The SMILES string of the molecule is Cc1cc(-c2ncc(C)c(Nc3ccc4c(=O)[nH]cc(F)c4c3)n2)ccc1-n1cnc(C2CC2)c1. The van der Waals surface area contributed by atoms with Crippen molar-refractivity contribution in [2.75, 3.05) is 5.32 Å². The van der Waals surface area contributed by atoms with Gasteiger partial charge in [0.25, 0.3) is 5.56 Å². The van der Waals surface area contributed by atoms with E-state index >= 15 is 0 Å². The zero-order valence-electron chi connectivity index (χ0n) is 19.3. The molecule has 2 N–H and O–H groups in total. The summed E-state index contributed by atoms with van der Waals surface area (Å²) in [5, 5.41) is 3.80. The van der Waals surface area contributed by atoms with Gasteiger partial charge in [0.15, 0.2) is 5.82 Å². The van der Waals surface area contributed by atoms with Crippen molar-refractivity contribution >= 4 is 22.3 Å². The van der Waals surface area contributed by atoms with Crippen molar-refractivity contribution in [1.29, 1.82) is 0 Å². The number of nitrogens with zero attached hydrogens (tertiary/aromatic N) is 4. The molecule has 0 unspecified atom stereocenters. The summed E-state index contributed by atoms with van der Waals surface area (Å²) in [5.74, 6) is 1.33. The first-order chi connectivity index (χ1) is 17.0. The van der Waals surface area contributed by atoms with Crippen molar-refractivity contribution in [2.24, 2.45) is 0 Å². The van der Waals surface area contributed by atoms with Gasteiger partial charge in [0.2, 0.25) is 0 Å². The molecule has 0 saturated heterocycles. The number of aromatic nitrogens is 5. The van der Waals surface area contributed by atoms with Gasteiger partial charge in [0, 0.05) is 52.4 Å². The second-order valence-electron chi connectivity index (χ2n) is 9.06. The van der Waals surface area contributed by atoms with E-state index in [1.165, 1.54) is 12.8 Å². The van der Waals surface area contributed by atoms with Gasteiger partial charge in [-0.1, -0.05) is 0 Å². The number of fused-ring (bicyclic) bond motifs is 1. The largest absolute Gasteiger partial charge is 0.340 e. The van der Waals surface area contributed by atoms with Gasteiger partial charge >= 0.3 is 0 Å². The summed E-state index contributed by atoms with van der Waals surface area (Å²) in [6, 6.07) is 11.1. The first-order valence-corrected chi connectivity index (χ1v) is 11.5. The Balaban J connectivity index is 1.31. The van der Waals surface area contributed by atoms with Gasteiger partial charge in [-0.15, -0.1) is 0 Å². The average Bonchev–Trinajstić information content (AvgIpc) is 3.60. The van der Waals surface area contributed by atoms with Crippen LogP contribution in [-0.2, 0) is 0 Å². The predicted octanol–water partition coefficient (Wildman–Crippen LogP) is 5.55. The molecule has 0 bridgehead atoms. The first kappa shape index (κ1) is 21.2. The highest BCUT2D eigenvalue weighted by Gasteiger charge is 2.26. The molecule has 8 heteroatoms. The minimum absolute atomic E-state index is 0.251. The first-order valence-electron chi connectivity index (χ1n) is 11.5. The van der Waals surface area contributed by atoms with E-state index in [0.717, 1.165) is 34.3 Å². The topological polar surface area (TPSA) is 88.5 Å². The Morgan fingerprint density at radius 3 is 2.71 bits per heavy atom. The van der Waals surface area contributed by atoms with E-state index in [0.29, 0.717) is 28.6 Å². The van der Waals surface area contributed by atoms with Gasteiger partial charge < -0.3 is 14.9 Å².